The van der Waals surface area contributed by atoms with Crippen molar-refractivity contribution >= 4 is 59.4 Å². The summed E-state index contributed by atoms with van der Waals surface area (Å²) in [6.07, 6.45) is 1.35. The van der Waals surface area contributed by atoms with Crippen LogP contribution in [-0.2, 0) is 32.6 Å². The van der Waals surface area contributed by atoms with Crippen LogP contribution < -0.4 is 9.62 Å². The molecule has 2 amide bonds. The van der Waals surface area contributed by atoms with Crippen molar-refractivity contribution in [3.63, 3.8) is 0 Å². The summed E-state index contributed by atoms with van der Waals surface area (Å²) in [6, 6.07) is 21.1. The van der Waals surface area contributed by atoms with E-state index in [1.807, 2.05) is 75.4 Å². The molecule has 0 aromatic heterocycles. The minimum absolute atomic E-state index is 0.123. The summed E-state index contributed by atoms with van der Waals surface area (Å²) >= 11 is 6.92. The van der Waals surface area contributed by atoms with Gasteiger partial charge in [-0.05, 0) is 67.8 Å². The molecule has 0 radical (unpaired) electrons. The van der Waals surface area contributed by atoms with Crippen molar-refractivity contribution in [3.05, 3.63) is 98.4 Å². The second-order valence-electron chi connectivity index (χ2n) is 9.72. The van der Waals surface area contributed by atoms with E-state index in [0.717, 1.165) is 36.2 Å². The predicted octanol–water partition coefficient (Wildman–Crippen LogP) is 5.45. The Labute approximate surface area is 247 Å². The maximum Gasteiger partial charge on any atom is 0.244 e. The Bertz CT molecular complexity index is 1420. The maximum absolute atomic E-state index is 14.1. The fraction of sp³-hybridized carbons (Fsp3) is 0.310. The summed E-state index contributed by atoms with van der Waals surface area (Å²) in [6.45, 7) is 5.24. The first kappa shape index (κ1) is 30.8. The Morgan fingerprint density at radius 1 is 0.923 bits per heavy atom. The maximum atomic E-state index is 14.1. The lowest BCUT2D eigenvalue weighted by atomic mass is 10.0. The molecule has 3 aromatic rings. The Morgan fingerprint density at radius 2 is 1.59 bits per heavy atom. The van der Waals surface area contributed by atoms with Crippen LogP contribution in [0.4, 0.5) is 5.69 Å². The average molecular weight is 679 g/mol. The Morgan fingerprint density at radius 3 is 2.18 bits per heavy atom. The number of hydrogen-bond acceptors (Lipinski definition) is 4. The lowest BCUT2D eigenvalue weighted by Crippen LogP contribution is -2.54. The Kier molecular flexibility index (Phi) is 10.7. The highest BCUT2D eigenvalue weighted by Crippen LogP contribution is 2.25. The van der Waals surface area contributed by atoms with E-state index in [1.165, 1.54) is 4.90 Å². The number of carbonyl (C=O) groups excluding carboxylic acids is 2. The molecule has 3 rings (SSSR count). The normalized spacial score (nSPS) is 12.2. The molecule has 0 bridgehead atoms. The number of sulfonamides is 1. The van der Waals surface area contributed by atoms with Crippen LogP contribution in [0.5, 0.6) is 0 Å². The highest BCUT2D eigenvalue weighted by molar-refractivity contribution is 9.10. The molecule has 0 fully saturated rings. The highest BCUT2D eigenvalue weighted by atomic mass is 79.9. The SMILES string of the molecule is Cc1cc(N(CC(=O)N(Cc2cccc(Br)c2)[C@H](Cc2ccccc2)C(=O)NC(C)C)S(C)(=O)=O)ccc1Br. The summed E-state index contributed by atoms with van der Waals surface area (Å²) in [4.78, 5) is 29.1. The van der Waals surface area contributed by atoms with Gasteiger partial charge in [0.15, 0.2) is 0 Å². The summed E-state index contributed by atoms with van der Waals surface area (Å²) in [7, 11) is -3.82. The molecular weight excluding hydrogens is 646 g/mol. The number of benzene rings is 3. The number of rotatable bonds is 11. The van der Waals surface area contributed by atoms with Crippen LogP contribution in [0.25, 0.3) is 0 Å². The molecule has 1 atom stereocenters. The van der Waals surface area contributed by atoms with Gasteiger partial charge in [-0.25, -0.2) is 8.42 Å². The number of anilines is 1. The monoisotopic (exact) mass is 677 g/mol. The predicted molar refractivity (Wildman–Crippen MR) is 163 cm³/mol. The molecule has 0 saturated heterocycles. The zero-order valence-electron chi connectivity index (χ0n) is 22.4. The van der Waals surface area contributed by atoms with E-state index in [9.17, 15) is 18.0 Å². The minimum Gasteiger partial charge on any atom is -0.352 e. The van der Waals surface area contributed by atoms with Crippen molar-refractivity contribution in [1.82, 2.24) is 10.2 Å². The fourth-order valence-corrected chi connectivity index (χ4v) is 5.70. The van der Waals surface area contributed by atoms with Gasteiger partial charge in [-0.2, -0.15) is 0 Å². The molecular formula is C29H33Br2N3O4S. The zero-order chi connectivity index (χ0) is 28.7. The second kappa shape index (κ2) is 13.6. The van der Waals surface area contributed by atoms with E-state index in [-0.39, 0.29) is 24.9 Å². The van der Waals surface area contributed by atoms with Gasteiger partial charge in [0.2, 0.25) is 21.8 Å². The van der Waals surface area contributed by atoms with Crippen LogP contribution >= 0.6 is 31.9 Å². The van der Waals surface area contributed by atoms with Crippen LogP contribution in [0.2, 0.25) is 0 Å². The van der Waals surface area contributed by atoms with E-state index in [4.69, 9.17) is 0 Å². The molecule has 0 heterocycles. The van der Waals surface area contributed by atoms with Crippen molar-refractivity contribution in [1.29, 1.82) is 0 Å². The molecule has 39 heavy (non-hydrogen) atoms. The molecule has 3 aromatic carbocycles. The van der Waals surface area contributed by atoms with Crippen LogP contribution in [0.3, 0.4) is 0 Å². The Balaban J connectivity index is 2.07. The quantitative estimate of drug-likeness (QED) is 0.292. The molecule has 0 aliphatic heterocycles. The number of hydrogen-bond donors (Lipinski definition) is 1. The van der Waals surface area contributed by atoms with Gasteiger partial charge >= 0.3 is 0 Å². The topological polar surface area (TPSA) is 86.8 Å². The van der Waals surface area contributed by atoms with Crippen molar-refractivity contribution in [2.75, 3.05) is 17.1 Å². The lowest BCUT2D eigenvalue weighted by molar-refractivity contribution is -0.140. The molecule has 7 nitrogen and oxygen atoms in total. The number of nitrogens with zero attached hydrogens (tertiary/aromatic N) is 2. The van der Waals surface area contributed by atoms with E-state index >= 15 is 0 Å². The van der Waals surface area contributed by atoms with Gasteiger partial charge in [-0.1, -0.05) is 74.3 Å². The van der Waals surface area contributed by atoms with Gasteiger partial charge in [-0.15, -0.1) is 0 Å². The molecule has 0 spiro atoms. The first-order valence-corrected chi connectivity index (χ1v) is 15.9. The first-order chi connectivity index (χ1) is 18.3. The number of carbonyl (C=O) groups is 2. The molecule has 0 unspecified atom stereocenters. The van der Waals surface area contributed by atoms with E-state index < -0.39 is 28.5 Å². The third-order valence-electron chi connectivity index (χ3n) is 6.05. The number of halogens is 2. The van der Waals surface area contributed by atoms with E-state index in [2.05, 4.69) is 37.2 Å². The molecule has 0 aliphatic carbocycles. The number of amides is 2. The van der Waals surface area contributed by atoms with Gasteiger partial charge in [-0.3, -0.25) is 13.9 Å². The summed E-state index contributed by atoms with van der Waals surface area (Å²) < 4.78 is 28.5. The summed E-state index contributed by atoms with van der Waals surface area (Å²) in [5, 5.41) is 2.95. The fourth-order valence-electron chi connectivity index (χ4n) is 4.16. The third kappa shape index (κ3) is 8.91. The largest absolute Gasteiger partial charge is 0.352 e. The first-order valence-electron chi connectivity index (χ1n) is 12.5. The summed E-state index contributed by atoms with van der Waals surface area (Å²) in [5.74, 6) is -0.789. The summed E-state index contributed by atoms with van der Waals surface area (Å²) in [5.41, 5.74) is 2.90. The zero-order valence-corrected chi connectivity index (χ0v) is 26.4. The smallest absolute Gasteiger partial charge is 0.244 e. The van der Waals surface area contributed by atoms with Crippen molar-refractivity contribution in [2.24, 2.45) is 0 Å². The van der Waals surface area contributed by atoms with E-state index in [0.29, 0.717) is 5.69 Å². The third-order valence-corrected chi connectivity index (χ3v) is 8.58. The van der Waals surface area contributed by atoms with Crippen molar-refractivity contribution < 1.29 is 18.0 Å². The Hall–Kier alpha value is -2.69. The van der Waals surface area contributed by atoms with Gasteiger partial charge in [0, 0.05) is 28.0 Å². The molecule has 1 N–H and O–H groups in total. The number of aryl methyl sites for hydroxylation is 1. The van der Waals surface area contributed by atoms with Crippen LogP contribution in [0.1, 0.15) is 30.5 Å². The van der Waals surface area contributed by atoms with Crippen LogP contribution in [0, 0.1) is 6.92 Å². The van der Waals surface area contributed by atoms with Gasteiger partial charge < -0.3 is 10.2 Å². The average Bonchev–Trinajstić information content (AvgIpc) is 2.86. The minimum atomic E-state index is -3.82. The van der Waals surface area contributed by atoms with Gasteiger partial charge in [0.25, 0.3) is 0 Å². The molecule has 208 valence electrons. The standard InChI is InChI=1S/C29H33Br2N3O4S/c1-20(2)32-29(36)27(17-22-9-6-5-7-10-22)33(18-23-11-8-12-24(30)16-23)28(35)19-34(39(4,37)38)25-13-14-26(31)21(3)15-25/h5-16,20,27H,17-19H2,1-4H3,(H,32,36)/t27-/m1/s1. The molecule has 0 aliphatic rings. The van der Waals surface area contributed by atoms with Crippen molar-refractivity contribution in [3.8, 4) is 0 Å². The van der Waals surface area contributed by atoms with Crippen LogP contribution in [-0.4, -0.2) is 50.0 Å². The van der Waals surface area contributed by atoms with Crippen LogP contribution in [0.15, 0.2) is 81.7 Å². The van der Waals surface area contributed by atoms with Gasteiger partial charge in [0.05, 0.1) is 11.9 Å². The molecule has 10 heteroatoms. The molecule has 0 saturated carbocycles. The lowest BCUT2D eigenvalue weighted by Gasteiger charge is -2.34. The van der Waals surface area contributed by atoms with Gasteiger partial charge in [0.1, 0.15) is 12.6 Å². The van der Waals surface area contributed by atoms with Crippen molar-refractivity contribution in [2.45, 2.75) is 45.8 Å². The highest BCUT2D eigenvalue weighted by Gasteiger charge is 2.33. The number of nitrogens with one attached hydrogen (secondary N) is 1. The second-order valence-corrected chi connectivity index (χ2v) is 13.4. The van der Waals surface area contributed by atoms with E-state index in [1.54, 1.807) is 18.2 Å².